The number of alkyl halides is 3. The zero-order valence-electron chi connectivity index (χ0n) is 13.2. The van der Waals surface area contributed by atoms with Crippen LogP contribution >= 0.6 is 22.6 Å². The molecule has 6 nitrogen and oxygen atoms in total. The molecule has 0 bridgehead atoms. The maximum atomic E-state index is 14.0. The molecule has 0 aliphatic carbocycles. The van der Waals surface area contributed by atoms with Crippen molar-refractivity contribution >= 4 is 40.2 Å². The lowest BCUT2D eigenvalue weighted by molar-refractivity contribution is -0.138. The minimum Gasteiger partial charge on any atom is -0.449 e. The molecule has 0 saturated heterocycles. The summed E-state index contributed by atoms with van der Waals surface area (Å²) in [7, 11) is 0. The molecular weight excluding hydrogens is 488 g/mol. The predicted molar refractivity (Wildman–Crippen MR) is 97.7 cm³/mol. The maximum absolute atomic E-state index is 14.0. The number of ether oxygens (including phenoxy) is 1. The number of nitrogens with zero attached hydrogens (tertiary/aromatic N) is 2. The second-order valence-electron chi connectivity index (χ2n) is 4.99. The molecule has 0 aliphatic rings. The zero-order chi connectivity index (χ0) is 20.4. The molecule has 0 saturated carbocycles. The lowest BCUT2D eigenvalue weighted by atomic mass is 10.2. The third-order valence-electron chi connectivity index (χ3n) is 2.94. The van der Waals surface area contributed by atoms with Crippen molar-refractivity contribution in [3.63, 3.8) is 0 Å². The van der Waals surface area contributed by atoms with Crippen LogP contribution in [0.15, 0.2) is 40.3 Å². The molecule has 0 atom stereocenters. The highest BCUT2D eigenvalue weighted by molar-refractivity contribution is 14.1. The summed E-state index contributed by atoms with van der Waals surface area (Å²) in [5, 5.41) is 0. The quantitative estimate of drug-likeness (QED) is 0.259. The first-order chi connectivity index (χ1) is 12.5. The van der Waals surface area contributed by atoms with Crippen molar-refractivity contribution in [2.45, 2.75) is 6.18 Å². The maximum Gasteiger partial charge on any atom is 0.416 e. The van der Waals surface area contributed by atoms with Gasteiger partial charge in [-0.15, -0.1) is 0 Å². The molecule has 27 heavy (non-hydrogen) atoms. The Labute approximate surface area is 163 Å². The van der Waals surface area contributed by atoms with Crippen LogP contribution in [0.5, 0.6) is 11.5 Å². The summed E-state index contributed by atoms with van der Waals surface area (Å²) in [6, 6.07) is 4.57. The van der Waals surface area contributed by atoms with Gasteiger partial charge in [0.05, 0.1) is 5.56 Å². The number of halogens is 6. The van der Waals surface area contributed by atoms with Gasteiger partial charge in [0.15, 0.2) is 29.1 Å². The molecule has 0 amide bonds. The van der Waals surface area contributed by atoms with E-state index in [2.05, 4.69) is 9.98 Å². The van der Waals surface area contributed by atoms with Crippen molar-refractivity contribution in [3.05, 3.63) is 51.1 Å². The van der Waals surface area contributed by atoms with Gasteiger partial charge < -0.3 is 21.9 Å². The number of hydrogen-bond donors (Lipinski definition) is 3. The number of benzene rings is 2. The fraction of sp³-hybridized carbons (Fsp3) is 0.0667. The van der Waals surface area contributed by atoms with Crippen molar-refractivity contribution < 1.29 is 26.7 Å². The highest BCUT2D eigenvalue weighted by atomic mass is 127. The van der Waals surface area contributed by atoms with Crippen LogP contribution in [0.2, 0.25) is 0 Å². The van der Waals surface area contributed by atoms with Crippen LogP contribution in [0.1, 0.15) is 5.56 Å². The van der Waals surface area contributed by atoms with E-state index in [4.69, 9.17) is 21.9 Å². The number of nitrogens with two attached hydrogens (primary N) is 3. The van der Waals surface area contributed by atoms with Gasteiger partial charge in [0.2, 0.25) is 5.96 Å². The van der Waals surface area contributed by atoms with E-state index in [9.17, 15) is 22.0 Å². The Morgan fingerprint density at radius 2 is 1.59 bits per heavy atom. The van der Waals surface area contributed by atoms with E-state index in [0.29, 0.717) is 3.57 Å². The summed E-state index contributed by atoms with van der Waals surface area (Å²) in [5.74, 6) is -5.00. The molecule has 0 unspecified atom stereocenters. The monoisotopic (exact) mass is 499 g/mol. The molecule has 2 aromatic carbocycles. The minimum atomic E-state index is -4.91. The van der Waals surface area contributed by atoms with Crippen LogP contribution in [0.4, 0.5) is 27.6 Å². The third kappa shape index (κ3) is 5.42. The summed E-state index contributed by atoms with van der Waals surface area (Å²) >= 11 is 1.89. The second-order valence-corrected chi connectivity index (χ2v) is 6.23. The first-order valence-corrected chi connectivity index (χ1v) is 8.02. The molecule has 0 radical (unpaired) electrons. The summed E-state index contributed by atoms with van der Waals surface area (Å²) in [4.78, 5) is 7.33. The van der Waals surface area contributed by atoms with Gasteiger partial charge in [0.1, 0.15) is 5.69 Å². The third-order valence-corrected chi connectivity index (χ3v) is 3.61. The molecule has 0 aliphatic heterocycles. The predicted octanol–water partition coefficient (Wildman–Crippen LogP) is 3.60. The number of aliphatic imine (C=N–C) groups is 2. The van der Waals surface area contributed by atoms with E-state index in [1.807, 2.05) is 22.6 Å². The fourth-order valence-corrected chi connectivity index (χ4v) is 2.34. The lowest BCUT2D eigenvalue weighted by Gasteiger charge is -2.13. The van der Waals surface area contributed by atoms with Crippen LogP contribution in [0, 0.1) is 15.2 Å². The molecule has 2 aromatic rings. The average Bonchev–Trinajstić information content (AvgIpc) is 2.51. The Kier molecular flexibility index (Phi) is 6.08. The molecule has 2 rings (SSSR count). The largest absolute Gasteiger partial charge is 0.449 e. The van der Waals surface area contributed by atoms with Gasteiger partial charge in [-0.1, -0.05) is 0 Å². The lowest BCUT2D eigenvalue weighted by Crippen LogP contribution is -2.26. The normalized spacial score (nSPS) is 12.0. The summed E-state index contributed by atoms with van der Waals surface area (Å²) in [5.41, 5.74) is 14.3. The number of hydrogen-bond acceptors (Lipinski definition) is 2. The van der Waals surface area contributed by atoms with Crippen molar-refractivity contribution in [2.75, 3.05) is 0 Å². The molecule has 6 N–H and O–H groups in total. The van der Waals surface area contributed by atoms with E-state index in [1.165, 1.54) is 12.1 Å². The minimum absolute atomic E-state index is 0.00314. The standard InChI is InChI=1S/C15H11F5IN5O/c16-8-3-6(15(18,19)20)4-9(17)12(8)27-11-5-7(21)1-2-10(11)25-14(24)26-13(22)23/h1-5H,(H6,22,23,24,25,26). The topological polar surface area (TPSA) is 112 Å². The van der Waals surface area contributed by atoms with Crippen molar-refractivity contribution in [1.29, 1.82) is 0 Å². The Morgan fingerprint density at radius 1 is 1.00 bits per heavy atom. The molecular formula is C15H11F5IN5O. The summed E-state index contributed by atoms with van der Waals surface area (Å²) < 4.78 is 71.6. The van der Waals surface area contributed by atoms with Crippen LogP contribution in [-0.2, 0) is 6.18 Å². The van der Waals surface area contributed by atoms with Crippen molar-refractivity contribution in [2.24, 2.45) is 27.2 Å². The van der Waals surface area contributed by atoms with Gasteiger partial charge in [-0.3, -0.25) is 0 Å². The van der Waals surface area contributed by atoms with Crippen molar-refractivity contribution in [1.82, 2.24) is 0 Å². The average molecular weight is 499 g/mol. The first-order valence-electron chi connectivity index (χ1n) is 6.95. The molecule has 0 aromatic heterocycles. The molecule has 0 heterocycles. The fourth-order valence-electron chi connectivity index (χ4n) is 1.87. The Hall–Kier alpha value is -2.64. The van der Waals surface area contributed by atoms with E-state index in [0.717, 1.165) is 0 Å². The van der Waals surface area contributed by atoms with Crippen LogP contribution in [-0.4, -0.2) is 11.9 Å². The zero-order valence-corrected chi connectivity index (χ0v) is 15.3. The van der Waals surface area contributed by atoms with Crippen LogP contribution in [0.3, 0.4) is 0 Å². The first kappa shape index (κ1) is 20.7. The summed E-state index contributed by atoms with van der Waals surface area (Å²) in [6.45, 7) is 0. The Morgan fingerprint density at radius 3 is 2.11 bits per heavy atom. The molecule has 0 fully saturated rings. The van der Waals surface area contributed by atoms with Gasteiger partial charge >= 0.3 is 6.18 Å². The SMILES string of the molecule is NC(N)=NC(N)=Nc1ccc(I)cc1Oc1c(F)cc(C(F)(F)F)cc1F. The van der Waals surface area contributed by atoms with Gasteiger partial charge in [-0.25, -0.2) is 13.8 Å². The second kappa shape index (κ2) is 7.94. The number of rotatable bonds is 3. The smallest absolute Gasteiger partial charge is 0.416 e. The summed E-state index contributed by atoms with van der Waals surface area (Å²) in [6.07, 6.45) is -4.91. The van der Waals surface area contributed by atoms with E-state index >= 15 is 0 Å². The highest BCUT2D eigenvalue weighted by Gasteiger charge is 2.33. The highest BCUT2D eigenvalue weighted by Crippen LogP contribution is 2.38. The Bertz CT molecular complexity index is 902. The van der Waals surface area contributed by atoms with Crippen molar-refractivity contribution in [3.8, 4) is 11.5 Å². The van der Waals surface area contributed by atoms with Crippen LogP contribution in [0.25, 0.3) is 0 Å². The van der Waals surface area contributed by atoms with E-state index < -0.39 is 29.1 Å². The molecule has 0 spiro atoms. The van der Waals surface area contributed by atoms with Gasteiger partial charge in [-0.05, 0) is 52.9 Å². The molecule has 12 heteroatoms. The van der Waals surface area contributed by atoms with Gasteiger partial charge in [0.25, 0.3) is 0 Å². The van der Waals surface area contributed by atoms with Crippen LogP contribution < -0.4 is 21.9 Å². The number of guanidine groups is 2. The van der Waals surface area contributed by atoms with E-state index in [1.54, 1.807) is 6.07 Å². The Balaban J connectivity index is 2.49. The molecule has 144 valence electrons. The van der Waals surface area contributed by atoms with E-state index in [-0.39, 0.29) is 35.5 Å². The van der Waals surface area contributed by atoms with Gasteiger partial charge in [-0.2, -0.15) is 18.2 Å². The van der Waals surface area contributed by atoms with Gasteiger partial charge in [0, 0.05) is 3.57 Å².